The topological polar surface area (TPSA) is 77.1 Å². The molecule has 142 valence electrons. The van der Waals surface area contributed by atoms with Gasteiger partial charge in [-0.25, -0.2) is 4.79 Å². The molecule has 0 aromatic heterocycles. The number of nitrogens with zero attached hydrogens (tertiary/aromatic N) is 1. The van der Waals surface area contributed by atoms with Crippen LogP contribution in [0.1, 0.15) is 22.8 Å². The maximum absolute atomic E-state index is 12.3. The zero-order valence-electron chi connectivity index (χ0n) is 15.5. The monoisotopic (exact) mass is 370 g/mol. The molecular weight excluding hydrogens is 348 g/mol. The van der Waals surface area contributed by atoms with Crippen LogP contribution < -0.4 is 19.7 Å². The van der Waals surface area contributed by atoms with Crippen LogP contribution in [0.15, 0.2) is 42.5 Å². The lowest BCUT2D eigenvalue weighted by molar-refractivity contribution is -0.129. The zero-order valence-corrected chi connectivity index (χ0v) is 15.5. The van der Waals surface area contributed by atoms with Crippen molar-refractivity contribution in [1.29, 1.82) is 0 Å². The lowest BCUT2D eigenvalue weighted by Crippen LogP contribution is -2.35. The summed E-state index contributed by atoms with van der Waals surface area (Å²) in [4.78, 5) is 26.4. The van der Waals surface area contributed by atoms with Gasteiger partial charge in [-0.05, 0) is 42.8 Å². The van der Waals surface area contributed by atoms with Gasteiger partial charge in [0.05, 0.1) is 5.56 Å². The van der Waals surface area contributed by atoms with Crippen molar-refractivity contribution < 1.29 is 23.8 Å². The highest BCUT2D eigenvalue weighted by molar-refractivity contribution is 5.93. The number of nitrogens with one attached hydrogen (secondary N) is 1. The molecule has 2 aromatic rings. The third kappa shape index (κ3) is 4.49. The molecule has 0 fully saturated rings. The second kappa shape index (κ2) is 7.99. The van der Waals surface area contributed by atoms with E-state index in [0.29, 0.717) is 23.6 Å². The SMILES string of the molecule is C[C@H](OC(=O)c1cccc(N(C)C)c1)C(=O)NCc1ccc2c(c1)OCO2. The predicted molar refractivity (Wildman–Crippen MR) is 100 cm³/mol. The second-order valence-electron chi connectivity index (χ2n) is 6.40. The highest BCUT2D eigenvalue weighted by atomic mass is 16.7. The number of fused-ring (bicyclic) bond motifs is 1. The molecule has 0 saturated carbocycles. The number of carbonyl (C=O) groups excluding carboxylic acids is 2. The summed E-state index contributed by atoms with van der Waals surface area (Å²) in [7, 11) is 3.77. The maximum atomic E-state index is 12.3. The molecule has 1 aliphatic rings. The van der Waals surface area contributed by atoms with E-state index >= 15 is 0 Å². The molecule has 1 amide bonds. The van der Waals surface area contributed by atoms with Gasteiger partial charge in [0.15, 0.2) is 17.6 Å². The first kappa shape index (κ1) is 18.6. The van der Waals surface area contributed by atoms with Gasteiger partial charge in [0, 0.05) is 26.3 Å². The number of benzene rings is 2. The molecule has 1 atom stereocenters. The Bertz CT molecular complexity index is 850. The van der Waals surface area contributed by atoms with Gasteiger partial charge >= 0.3 is 5.97 Å². The molecule has 0 bridgehead atoms. The second-order valence-corrected chi connectivity index (χ2v) is 6.40. The van der Waals surface area contributed by atoms with Gasteiger partial charge in [0.2, 0.25) is 6.79 Å². The minimum absolute atomic E-state index is 0.202. The molecule has 1 heterocycles. The number of amides is 1. The maximum Gasteiger partial charge on any atom is 0.338 e. The van der Waals surface area contributed by atoms with E-state index in [1.54, 1.807) is 31.2 Å². The highest BCUT2D eigenvalue weighted by Crippen LogP contribution is 2.32. The minimum atomic E-state index is -0.908. The third-order valence-corrected chi connectivity index (χ3v) is 4.16. The van der Waals surface area contributed by atoms with E-state index in [2.05, 4.69) is 5.32 Å². The summed E-state index contributed by atoms with van der Waals surface area (Å²) in [5.41, 5.74) is 2.14. The van der Waals surface area contributed by atoms with Crippen molar-refractivity contribution >= 4 is 17.6 Å². The van der Waals surface area contributed by atoms with Gasteiger partial charge in [-0.3, -0.25) is 4.79 Å². The lowest BCUT2D eigenvalue weighted by Gasteiger charge is -2.16. The number of rotatable bonds is 6. The van der Waals surface area contributed by atoms with Crippen LogP contribution >= 0.6 is 0 Å². The first-order valence-corrected chi connectivity index (χ1v) is 8.58. The molecule has 2 aromatic carbocycles. The van der Waals surface area contributed by atoms with Gasteiger partial charge < -0.3 is 24.4 Å². The van der Waals surface area contributed by atoms with Crippen molar-refractivity contribution in [3.63, 3.8) is 0 Å². The van der Waals surface area contributed by atoms with E-state index in [1.807, 2.05) is 37.2 Å². The third-order valence-electron chi connectivity index (χ3n) is 4.16. The molecule has 27 heavy (non-hydrogen) atoms. The van der Waals surface area contributed by atoms with Gasteiger partial charge in [0.1, 0.15) is 0 Å². The fourth-order valence-electron chi connectivity index (χ4n) is 2.58. The number of esters is 1. The molecule has 1 aliphatic heterocycles. The molecular formula is C20H22N2O5. The van der Waals surface area contributed by atoms with Gasteiger partial charge in [-0.15, -0.1) is 0 Å². The zero-order chi connectivity index (χ0) is 19.4. The number of hydrogen-bond acceptors (Lipinski definition) is 6. The summed E-state index contributed by atoms with van der Waals surface area (Å²) in [6.45, 7) is 2.04. The molecule has 0 spiro atoms. The summed E-state index contributed by atoms with van der Waals surface area (Å²) in [5.74, 6) is 0.434. The predicted octanol–water partition coefficient (Wildman–Crippen LogP) is 2.34. The van der Waals surface area contributed by atoms with E-state index in [0.717, 1.165) is 11.3 Å². The van der Waals surface area contributed by atoms with Gasteiger partial charge in [0.25, 0.3) is 5.91 Å². The number of anilines is 1. The summed E-state index contributed by atoms with van der Waals surface area (Å²) in [6.07, 6.45) is -0.908. The molecule has 0 aliphatic carbocycles. The molecule has 0 saturated heterocycles. The Morgan fingerprint density at radius 1 is 1.15 bits per heavy atom. The largest absolute Gasteiger partial charge is 0.454 e. The van der Waals surface area contributed by atoms with Crippen LogP contribution in [-0.4, -0.2) is 38.9 Å². The average Bonchev–Trinajstić information content (AvgIpc) is 3.13. The van der Waals surface area contributed by atoms with Crippen LogP contribution in [0.3, 0.4) is 0 Å². The smallest absolute Gasteiger partial charge is 0.338 e. The van der Waals surface area contributed by atoms with Crippen LogP contribution in [0.5, 0.6) is 11.5 Å². The molecule has 7 heteroatoms. The van der Waals surface area contributed by atoms with Crippen molar-refractivity contribution in [2.75, 3.05) is 25.8 Å². The van der Waals surface area contributed by atoms with Gasteiger partial charge in [-0.1, -0.05) is 12.1 Å². The van der Waals surface area contributed by atoms with Crippen LogP contribution in [0.4, 0.5) is 5.69 Å². The van der Waals surface area contributed by atoms with Crippen LogP contribution in [0.25, 0.3) is 0 Å². The fourth-order valence-corrected chi connectivity index (χ4v) is 2.58. The summed E-state index contributed by atoms with van der Waals surface area (Å²) < 4.78 is 15.9. The van der Waals surface area contributed by atoms with Gasteiger partial charge in [-0.2, -0.15) is 0 Å². The molecule has 0 unspecified atom stereocenters. The van der Waals surface area contributed by atoms with E-state index in [4.69, 9.17) is 14.2 Å². The van der Waals surface area contributed by atoms with Crippen molar-refractivity contribution in [2.24, 2.45) is 0 Å². The Hall–Kier alpha value is -3.22. The Morgan fingerprint density at radius 2 is 1.93 bits per heavy atom. The first-order valence-electron chi connectivity index (χ1n) is 8.58. The standard InChI is InChI=1S/C20H22N2O5/c1-13(27-20(24)15-5-4-6-16(10-15)22(2)3)19(23)21-11-14-7-8-17-18(9-14)26-12-25-17/h4-10,13H,11-12H2,1-3H3,(H,21,23)/t13-/m0/s1. The highest BCUT2D eigenvalue weighted by Gasteiger charge is 2.20. The molecule has 1 N–H and O–H groups in total. The van der Waals surface area contributed by atoms with E-state index in [-0.39, 0.29) is 12.7 Å². The van der Waals surface area contributed by atoms with Crippen LogP contribution in [-0.2, 0) is 16.1 Å². The molecule has 7 nitrogen and oxygen atoms in total. The van der Waals surface area contributed by atoms with Crippen molar-refractivity contribution in [1.82, 2.24) is 5.32 Å². The number of carbonyl (C=O) groups is 2. The molecule has 3 rings (SSSR count). The van der Waals surface area contributed by atoms with E-state index in [9.17, 15) is 9.59 Å². The Labute approximate surface area is 157 Å². The Balaban J connectivity index is 1.54. The summed E-state index contributed by atoms with van der Waals surface area (Å²) in [5, 5.41) is 2.76. The first-order chi connectivity index (χ1) is 12.9. The normalized spacial score (nSPS) is 13.0. The lowest BCUT2D eigenvalue weighted by atomic mass is 10.2. The van der Waals surface area contributed by atoms with E-state index in [1.165, 1.54) is 0 Å². The Morgan fingerprint density at radius 3 is 2.70 bits per heavy atom. The average molecular weight is 370 g/mol. The van der Waals surface area contributed by atoms with Crippen molar-refractivity contribution in [2.45, 2.75) is 19.6 Å². The van der Waals surface area contributed by atoms with Crippen molar-refractivity contribution in [3.8, 4) is 11.5 Å². The summed E-state index contributed by atoms with van der Waals surface area (Å²) >= 11 is 0. The minimum Gasteiger partial charge on any atom is -0.454 e. The van der Waals surface area contributed by atoms with Crippen LogP contribution in [0.2, 0.25) is 0 Å². The number of hydrogen-bond donors (Lipinski definition) is 1. The number of ether oxygens (including phenoxy) is 3. The van der Waals surface area contributed by atoms with E-state index < -0.39 is 12.1 Å². The quantitative estimate of drug-likeness (QED) is 0.787. The van der Waals surface area contributed by atoms with Crippen LogP contribution in [0, 0.1) is 0 Å². The Kier molecular flexibility index (Phi) is 5.49. The fraction of sp³-hybridized carbons (Fsp3) is 0.300. The molecule has 0 radical (unpaired) electrons. The van der Waals surface area contributed by atoms with Crippen molar-refractivity contribution in [3.05, 3.63) is 53.6 Å². The summed E-state index contributed by atoms with van der Waals surface area (Å²) in [6, 6.07) is 12.5.